The van der Waals surface area contributed by atoms with E-state index < -0.39 is 0 Å². The van der Waals surface area contributed by atoms with Gasteiger partial charge in [-0.1, -0.05) is 0 Å². The Kier molecular flexibility index (Phi) is 4.10. The molecule has 0 bridgehead atoms. The zero-order valence-corrected chi connectivity index (χ0v) is 11.3. The van der Waals surface area contributed by atoms with E-state index in [4.69, 9.17) is 15.2 Å². The lowest BCUT2D eigenvalue weighted by molar-refractivity contribution is 0.102. The Bertz CT molecular complexity index is 587. The fourth-order valence-corrected chi connectivity index (χ4v) is 1.72. The van der Waals surface area contributed by atoms with Gasteiger partial charge in [0, 0.05) is 35.1 Å². The topological polar surface area (TPSA) is 73.6 Å². The Balaban J connectivity index is 2.20. The highest BCUT2D eigenvalue weighted by molar-refractivity contribution is 6.04. The van der Waals surface area contributed by atoms with Gasteiger partial charge in [-0.15, -0.1) is 0 Å². The number of amides is 1. The molecule has 0 aliphatic heterocycles. The number of hydrogen-bond donors (Lipinski definition) is 2. The van der Waals surface area contributed by atoms with Crippen LogP contribution in [0.2, 0.25) is 0 Å². The minimum Gasteiger partial charge on any atom is -0.497 e. The van der Waals surface area contributed by atoms with Crippen LogP contribution < -0.4 is 20.5 Å². The van der Waals surface area contributed by atoms with Gasteiger partial charge in [0.2, 0.25) is 0 Å². The second-order valence-electron chi connectivity index (χ2n) is 4.18. The smallest absolute Gasteiger partial charge is 0.255 e. The molecule has 2 aromatic carbocycles. The van der Waals surface area contributed by atoms with Gasteiger partial charge in [0.25, 0.3) is 5.91 Å². The monoisotopic (exact) mass is 272 g/mol. The van der Waals surface area contributed by atoms with Crippen molar-refractivity contribution in [3.05, 3.63) is 48.0 Å². The maximum Gasteiger partial charge on any atom is 0.255 e. The second kappa shape index (κ2) is 5.97. The molecule has 3 N–H and O–H groups in total. The number of nitrogens with one attached hydrogen (secondary N) is 1. The number of carbonyl (C=O) groups excluding carboxylic acids is 1. The summed E-state index contributed by atoms with van der Waals surface area (Å²) in [5.41, 5.74) is 7.33. The van der Waals surface area contributed by atoms with Crippen LogP contribution in [-0.4, -0.2) is 20.1 Å². The predicted molar refractivity (Wildman–Crippen MR) is 78.4 cm³/mol. The molecule has 0 aliphatic rings. The Morgan fingerprint density at radius 2 is 1.55 bits per heavy atom. The van der Waals surface area contributed by atoms with Gasteiger partial charge in [-0.3, -0.25) is 4.79 Å². The molecular formula is C15H16N2O3. The van der Waals surface area contributed by atoms with Crippen molar-refractivity contribution < 1.29 is 14.3 Å². The van der Waals surface area contributed by atoms with E-state index in [1.165, 1.54) is 0 Å². The van der Waals surface area contributed by atoms with E-state index in [9.17, 15) is 4.79 Å². The Morgan fingerprint density at radius 3 is 2.05 bits per heavy atom. The molecule has 0 aliphatic carbocycles. The lowest BCUT2D eigenvalue weighted by Gasteiger charge is -2.10. The van der Waals surface area contributed by atoms with Crippen LogP contribution in [0.3, 0.4) is 0 Å². The highest BCUT2D eigenvalue weighted by atomic mass is 16.5. The van der Waals surface area contributed by atoms with Crippen LogP contribution in [0.1, 0.15) is 10.4 Å². The summed E-state index contributed by atoms with van der Waals surface area (Å²) in [7, 11) is 3.11. The molecule has 0 saturated heterocycles. The van der Waals surface area contributed by atoms with Gasteiger partial charge in [-0.05, 0) is 24.3 Å². The Hall–Kier alpha value is -2.69. The zero-order valence-electron chi connectivity index (χ0n) is 11.3. The third kappa shape index (κ3) is 3.20. The summed E-state index contributed by atoms with van der Waals surface area (Å²) in [6.07, 6.45) is 0. The first kappa shape index (κ1) is 13.7. The molecule has 5 heteroatoms. The van der Waals surface area contributed by atoms with Gasteiger partial charge in [-0.25, -0.2) is 0 Å². The molecule has 0 heterocycles. The Morgan fingerprint density at radius 1 is 1.00 bits per heavy atom. The number of benzene rings is 2. The van der Waals surface area contributed by atoms with Gasteiger partial charge in [0.05, 0.1) is 14.2 Å². The van der Waals surface area contributed by atoms with Crippen LogP contribution in [0.5, 0.6) is 11.5 Å². The first-order valence-electron chi connectivity index (χ1n) is 6.02. The lowest BCUT2D eigenvalue weighted by atomic mass is 10.2. The SMILES string of the molecule is COc1cc(NC(=O)c2ccc(N)cc2)cc(OC)c1. The van der Waals surface area contributed by atoms with Gasteiger partial charge in [0.15, 0.2) is 0 Å². The van der Waals surface area contributed by atoms with Crippen LogP contribution >= 0.6 is 0 Å². The fraction of sp³-hybridized carbons (Fsp3) is 0.133. The van der Waals surface area contributed by atoms with Crippen molar-refractivity contribution in [3.63, 3.8) is 0 Å². The van der Waals surface area contributed by atoms with Crippen molar-refractivity contribution in [3.8, 4) is 11.5 Å². The molecular weight excluding hydrogens is 256 g/mol. The van der Waals surface area contributed by atoms with E-state index in [1.807, 2.05) is 0 Å². The average Bonchev–Trinajstić information content (AvgIpc) is 2.47. The van der Waals surface area contributed by atoms with Crippen LogP contribution in [-0.2, 0) is 0 Å². The second-order valence-corrected chi connectivity index (χ2v) is 4.18. The van der Waals surface area contributed by atoms with E-state index in [1.54, 1.807) is 56.7 Å². The van der Waals surface area contributed by atoms with Crippen molar-refractivity contribution in [2.24, 2.45) is 0 Å². The minimum atomic E-state index is -0.222. The number of rotatable bonds is 4. The minimum absolute atomic E-state index is 0.222. The predicted octanol–water partition coefficient (Wildman–Crippen LogP) is 2.54. The van der Waals surface area contributed by atoms with Crippen molar-refractivity contribution in [1.29, 1.82) is 0 Å². The summed E-state index contributed by atoms with van der Waals surface area (Å²) >= 11 is 0. The first-order valence-corrected chi connectivity index (χ1v) is 6.02. The zero-order chi connectivity index (χ0) is 14.5. The first-order chi connectivity index (χ1) is 9.62. The summed E-state index contributed by atoms with van der Waals surface area (Å²) < 4.78 is 10.3. The van der Waals surface area contributed by atoms with E-state index in [0.717, 1.165) is 0 Å². The summed E-state index contributed by atoms with van der Waals surface area (Å²) in [4.78, 5) is 12.1. The molecule has 0 fully saturated rings. The lowest BCUT2D eigenvalue weighted by Crippen LogP contribution is -2.12. The standard InChI is InChI=1S/C15H16N2O3/c1-19-13-7-12(8-14(9-13)20-2)17-15(18)10-3-5-11(16)6-4-10/h3-9H,16H2,1-2H3,(H,17,18). The average molecular weight is 272 g/mol. The third-order valence-electron chi connectivity index (χ3n) is 2.78. The van der Waals surface area contributed by atoms with Crippen LogP contribution in [0, 0.1) is 0 Å². The summed E-state index contributed by atoms with van der Waals surface area (Å²) in [5, 5.41) is 2.79. The molecule has 5 nitrogen and oxygen atoms in total. The van der Waals surface area contributed by atoms with Crippen molar-refractivity contribution in [2.45, 2.75) is 0 Å². The fourth-order valence-electron chi connectivity index (χ4n) is 1.72. The molecule has 0 unspecified atom stereocenters. The van der Waals surface area contributed by atoms with E-state index >= 15 is 0 Å². The highest BCUT2D eigenvalue weighted by Crippen LogP contribution is 2.26. The molecule has 0 aromatic heterocycles. The van der Waals surface area contributed by atoms with Crippen molar-refractivity contribution in [2.75, 3.05) is 25.3 Å². The molecule has 0 saturated carbocycles. The molecule has 1 amide bonds. The number of carbonyl (C=O) groups is 1. The number of hydrogen-bond acceptors (Lipinski definition) is 4. The van der Waals surface area contributed by atoms with Crippen LogP contribution in [0.25, 0.3) is 0 Å². The number of methoxy groups -OCH3 is 2. The summed E-state index contributed by atoms with van der Waals surface area (Å²) in [5.74, 6) is 0.995. The summed E-state index contributed by atoms with van der Waals surface area (Å²) in [6, 6.07) is 11.9. The molecule has 2 rings (SSSR count). The highest BCUT2D eigenvalue weighted by Gasteiger charge is 2.08. The number of nitrogen functional groups attached to an aromatic ring is 1. The van der Waals surface area contributed by atoms with E-state index in [0.29, 0.717) is 28.4 Å². The molecule has 20 heavy (non-hydrogen) atoms. The molecule has 0 atom stereocenters. The number of nitrogens with two attached hydrogens (primary N) is 1. The van der Waals surface area contributed by atoms with Crippen molar-refractivity contribution >= 4 is 17.3 Å². The third-order valence-corrected chi connectivity index (χ3v) is 2.78. The number of ether oxygens (including phenoxy) is 2. The van der Waals surface area contributed by atoms with Gasteiger partial charge >= 0.3 is 0 Å². The molecule has 0 radical (unpaired) electrons. The maximum atomic E-state index is 12.1. The van der Waals surface area contributed by atoms with Gasteiger partial charge in [0.1, 0.15) is 11.5 Å². The number of anilines is 2. The maximum absolute atomic E-state index is 12.1. The van der Waals surface area contributed by atoms with Crippen LogP contribution in [0.15, 0.2) is 42.5 Å². The van der Waals surface area contributed by atoms with Crippen molar-refractivity contribution in [1.82, 2.24) is 0 Å². The largest absolute Gasteiger partial charge is 0.497 e. The Labute approximate surface area is 117 Å². The van der Waals surface area contributed by atoms with E-state index in [-0.39, 0.29) is 5.91 Å². The normalized spacial score (nSPS) is 9.90. The van der Waals surface area contributed by atoms with Gasteiger partial charge < -0.3 is 20.5 Å². The summed E-state index contributed by atoms with van der Waals surface area (Å²) in [6.45, 7) is 0. The molecule has 104 valence electrons. The molecule has 0 spiro atoms. The molecule has 2 aromatic rings. The van der Waals surface area contributed by atoms with E-state index in [2.05, 4.69) is 5.32 Å². The van der Waals surface area contributed by atoms with Crippen LogP contribution in [0.4, 0.5) is 11.4 Å². The van der Waals surface area contributed by atoms with Gasteiger partial charge in [-0.2, -0.15) is 0 Å². The quantitative estimate of drug-likeness (QED) is 0.839.